The molecule has 1 saturated heterocycles. The molecule has 8 nitrogen and oxygen atoms in total. The molecule has 39 heavy (non-hydrogen) atoms. The Kier molecular flexibility index (Phi) is 6.66. The minimum atomic E-state index is -0.332. The largest absolute Gasteiger partial charge is 0.454 e. The molecular weight excluding hydrogens is 582 g/mol. The van der Waals surface area contributed by atoms with Crippen molar-refractivity contribution in [3.63, 3.8) is 0 Å². The maximum Gasteiger partial charge on any atom is 0.293 e. The van der Waals surface area contributed by atoms with Gasteiger partial charge in [0, 0.05) is 38.4 Å². The number of fused-ring (bicyclic) bond motifs is 2. The number of para-hydroxylation sites is 1. The normalized spacial score (nSPS) is 15.5. The lowest BCUT2D eigenvalue weighted by molar-refractivity contribution is -0.123. The van der Waals surface area contributed by atoms with Crippen LogP contribution in [0.1, 0.15) is 16.8 Å². The molecule has 0 bridgehead atoms. The summed E-state index contributed by atoms with van der Waals surface area (Å²) in [6.45, 7) is 2.33. The second kappa shape index (κ2) is 10.3. The van der Waals surface area contributed by atoms with Crippen molar-refractivity contribution in [1.29, 1.82) is 0 Å². The van der Waals surface area contributed by atoms with Gasteiger partial charge in [0.1, 0.15) is 6.54 Å². The van der Waals surface area contributed by atoms with Crippen LogP contribution in [0.3, 0.4) is 0 Å². The van der Waals surface area contributed by atoms with Gasteiger partial charge in [-0.2, -0.15) is 0 Å². The number of nitrogens with zero attached hydrogens (tertiary/aromatic N) is 2. The van der Waals surface area contributed by atoms with Crippen LogP contribution in [0.5, 0.6) is 11.5 Å². The Bertz CT molecular complexity index is 1700. The van der Waals surface area contributed by atoms with Gasteiger partial charge in [-0.05, 0) is 60.7 Å². The molecule has 1 N–H and O–H groups in total. The number of hydrogen-bond acceptors (Lipinski definition) is 6. The van der Waals surface area contributed by atoms with Gasteiger partial charge in [0.05, 0.1) is 11.4 Å². The second-order valence-corrected chi connectivity index (χ2v) is 11.0. The summed E-state index contributed by atoms with van der Waals surface area (Å²) >= 11 is 4.36. The molecular formula is C29H22BrN3O5S. The fraction of sp³-hybridized carbons (Fsp3) is 0.138. The predicted molar refractivity (Wildman–Crippen MR) is 154 cm³/mol. The summed E-state index contributed by atoms with van der Waals surface area (Å²) in [4.78, 5) is 40.6. The minimum Gasteiger partial charge on any atom is -0.454 e. The highest BCUT2D eigenvalue weighted by Gasteiger charge is 2.35. The predicted octanol–water partition coefficient (Wildman–Crippen LogP) is 6.32. The fourth-order valence-corrected chi connectivity index (χ4v) is 6.01. The first-order valence-electron chi connectivity index (χ1n) is 12.1. The van der Waals surface area contributed by atoms with Gasteiger partial charge in [-0.25, -0.2) is 0 Å². The number of amides is 3. The fourth-order valence-electron chi connectivity index (χ4n) is 4.75. The number of benzene rings is 3. The second-order valence-electron chi connectivity index (χ2n) is 9.12. The van der Waals surface area contributed by atoms with Crippen molar-refractivity contribution in [3.05, 3.63) is 92.9 Å². The van der Waals surface area contributed by atoms with Crippen LogP contribution in [0.4, 0.5) is 10.5 Å². The van der Waals surface area contributed by atoms with E-state index in [4.69, 9.17) is 9.47 Å². The average Bonchev–Trinajstić information content (AvgIpc) is 3.56. The molecule has 0 spiro atoms. The van der Waals surface area contributed by atoms with Crippen LogP contribution in [-0.4, -0.2) is 33.3 Å². The highest BCUT2D eigenvalue weighted by molar-refractivity contribution is 9.10. The SMILES string of the molecule is Cc1c(/C=C2\SC(=O)N(Cc3cccc(Br)c3)C2=O)c2ccccc2n1CC(=O)Nc1ccc2c(c1)OCO2. The van der Waals surface area contributed by atoms with Gasteiger partial charge in [-0.15, -0.1) is 0 Å². The summed E-state index contributed by atoms with van der Waals surface area (Å²) in [6, 6.07) is 20.5. The number of carbonyl (C=O) groups excluding carboxylic acids is 3. The van der Waals surface area contributed by atoms with Crippen LogP contribution >= 0.6 is 27.7 Å². The van der Waals surface area contributed by atoms with Gasteiger partial charge in [-0.3, -0.25) is 19.3 Å². The number of halogens is 1. The van der Waals surface area contributed by atoms with Crippen molar-refractivity contribution in [2.45, 2.75) is 20.0 Å². The van der Waals surface area contributed by atoms with Gasteiger partial charge in [0.15, 0.2) is 11.5 Å². The molecule has 2 aliphatic rings. The summed E-state index contributed by atoms with van der Waals surface area (Å²) in [5.74, 6) is 0.692. The number of aromatic nitrogens is 1. The zero-order valence-electron chi connectivity index (χ0n) is 20.8. The zero-order chi connectivity index (χ0) is 27.1. The van der Waals surface area contributed by atoms with Crippen LogP contribution in [0, 0.1) is 6.92 Å². The van der Waals surface area contributed by atoms with Gasteiger partial charge in [0.2, 0.25) is 12.7 Å². The molecule has 0 radical (unpaired) electrons. The molecule has 0 saturated carbocycles. The van der Waals surface area contributed by atoms with Gasteiger partial charge >= 0.3 is 0 Å². The molecule has 4 aromatic rings. The van der Waals surface area contributed by atoms with Crippen molar-refractivity contribution in [2.75, 3.05) is 12.1 Å². The van der Waals surface area contributed by atoms with E-state index in [1.165, 1.54) is 4.90 Å². The van der Waals surface area contributed by atoms with E-state index in [1.807, 2.05) is 60.0 Å². The molecule has 6 rings (SSSR count). The Morgan fingerprint density at radius 2 is 1.87 bits per heavy atom. The lowest BCUT2D eigenvalue weighted by Gasteiger charge is -2.12. The number of anilines is 1. The molecule has 10 heteroatoms. The van der Waals surface area contributed by atoms with Gasteiger partial charge in [-0.1, -0.05) is 46.3 Å². The first-order chi connectivity index (χ1) is 18.9. The molecule has 2 aliphatic heterocycles. The van der Waals surface area contributed by atoms with Crippen molar-refractivity contribution in [2.24, 2.45) is 0 Å². The van der Waals surface area contributed by atoms with Crippen molar-refractivity contribution < 1.29 is 23.9 Å². The summed E-state index contributed by atoms with van der Waals surface area (Å²) < 4.78 is 13.5. The number of nitrogens with one attached hydrogen (secondary N) is 1. The molecule has 1 aromatic heterocycles. The number of imide groups is 1. The first kappa shape index (κ1) is 25.3. The number of rotatable bonds is 6. The topological polar surface area (TPSA) is 89.9 Å². The third-order valence-corrected chi connectivity index (χ3v) is 8.02. The van der Waals surface area contributed by atoms with E-state index in [1.54, 1.807) is 24.3 Å². The van der Waals surface area contributed by atoms with Gasteiger partial charge in [0.25, 0.3) is 11.1 Å². The van der Waals surface area contributed by atoms with E-state index in [0.717, 1.165) is 44.0 Å². The smallest absolute Gasteiger partial charge is 0.293 e. The molecule has 3 aromatic carbocycles. The summed E-state index contributed by atoms with van der Waals surface area (Å²) in [7, 11) is 0. The highest BCUT2D eigenvalue weighted by Crippen LogP contribution is 2.37. The molecule has 1 fully saturated rings. The Labute approximate surface area is 236 Å². The maximum absolute atomic E-state index is 13.2. The van der Waals surface area contributed by atoms with Crippen LogP contribution in [0.25, 0.3) is 17.0 Å². The summed E-state index contributed by atoms with van der Waals surface area (Å²) in [5, 5.41) is 3.50. The summed E-state index contributed by atoms with van der Waals surface area (Å²) in [6.07, 6.45) is 1.76. The molecule has 196 valence electrons. The van der Waals surface area contributed by atoms with Crippen molar-refractivity contribution in [3.8, 4) is 11.5 Å². The van der Waals surface area contributed by atoms with Crippen LogP contribution in [0.2, 0.25) is 0 Å². The lowest BCUT2D eigenvalue weighted by atomic mass is 10.1. The molecule has 0 atom stereocenters. The van der Waals surface area contributed by atoms with Crippen LogP contribution < -0.4 is 14.8 Å². The third-order valence-electron chi connectivity index (χ3n) is 6.62. The van der Waals surface area contributed by atoms with Crippen LogP contribution in [-0.2, 0) is 22.7 Å². The van der Waals surface area contributed by atoms with E-state index in [-0.39, 0.29) is 36.9 Å². The number of thioether (sulfide) groups is 1. The Morgan fingerprint density at radius 1 is 1.05 bits per heavy atom. The maximum atomic E-state index is 13.2. The number of carbonyl (C=O) groups is 3. The lowest BCUT2D eigenvalue weighted by Crippen LogP contribution is -2.27. The Hall–Kier alpha value is -4.02. The first-order valence-corrected chi connectivity index (χ1v) is 13.8. The molecule has 0 unspecified atom stereocenters. The van der Waals surface area contributed by atoms with Crippen molar-refractivity contribution in [1.82, 2.24) is 9.47 Å². The van der Waals surface area contributed by atoms with Crippen molar-refractivity contribution >= 4 is 67.4 Å². The number of ether oxygens (including phenoxy) is 2. The molecule has 3 heterocycles. The average molecular weight is 604 g/mol. The van der Waals surface area contributed by atoms with E-state index in [0.29, 0.717) is 22.1 Å². The third kappa shape index (κ3) is 4.93. The molecule has 3 amide bonds. The van der Waals surface area contributed by atoms with E-state index in [2.05, 4.69) is 21.2 Å². The van der Waals surface area contributed by atoms with Crippen LogP contribution in [0.15, 0.2) is 76.1 Å². The molecule has 0 aliphatic carbocycles. The highest BCUT2D eigenvalue weighted by atomic mass is 79.9. The Balaban J connectivity index is 1.27. The zero-order valence-corrected chi connectivity index (χ0v) is 23.2. The van der Waals surface area contributed by atoms with Gasteiger partial charge < -0.3 is 19.4 Å². The van der Waals surface area contributed by atoms with E-state index >= 15 is 0 Å². The minimum absolute atomic E-state index is 0.0684. The van der Waals surface area contributed by atoms with E-state index < -0.39 is 0 Å². The van der Waals surface area contributed by atoms with E-state index in [9.17, 15) is 14.4 Å². The standard InChI is InChI=1S/C29H22BrN3O5S/c1-17-22(13-26-28(35)33(29(36)39-26)14-18-5-4-6-19(30)11-18)21-7-2-3-8-23(21)32(17)15-27(34)31-20-9-10-24-25(12-20)38-16-37-24/h2-13H,14-16H2,1H3,(H,31,34)/b26-13-. The summed E-state index contributed by atoms with van der Waals surface area (Å²) in [5.41, 5.74) is 3.94. The monoisotopic (exact) mass is 603 g/mol. The number of hydrogen-bond donors (Lipinski definition) is 1. The quantitative estimate of drug-likeness (QED) is 0.259. The Morgan fingerprint density at radius 3 is 2.72 bits per heavy atom.